The summed E-state index contributed by atoms with van der Waals surface area (Å²) in [5, 5.41) is 6.89. The van der Waals surface area contributed by atoms with Crippen LogP contribution in [0.3, 0.4) is 0 Å². The van der Waals surface area contributed by atoms with Crippen LogP contribution in [0, 0.1) is 0 Å². The van der Waals surface area contributed by atoms with Crippen LogP contribution in [0.4, 0.5) is 5.69 Å². The van der Waals surface area contributed by atoms with Gasteiger partial charge in [-0.3, -0.25) is 14.7 Å². The van der Waals surface area contributed by atoms with E-state index in [2.05, 4.69) is 20.4 Å². The average molecular weight is 369 g/mol. The van der Waals surface area contributed by atoms with E-state index in [1.165, 1.54) is 0 Å². The highest BCUT2D eigenvalue weighted by molar-refractivity contribution is 7.98. The molecule has 0 saturated carbocycles. The highest BCUT2D eigenvalue weighted by atomic mass is 32.2. The van der Waals surface area contributed by atoms with Crippen molar-refractivity contribution < 1.29 is 9.32 Å². The molecule has 1 aromatic carbocycles. The van der Waals surface area contributed by atoms with E-state index in [1.807, 2.05) is 54.6 Å². The van der Waals surface area contributed by atoms with Crippen molar-refractivity contribution in [2.75, 3.05) is 25.2 Å². The summed E-state index contributed by atoms with van der Waals surface area (Å²) in [6.07, 6.45) is 5.34. The van der Waals surface area contributed by atoms with Crippen molar-refractivity contribution in [2.24, 2.45) is 0 Å². The van der Waals surface area contributed by atoms with Crippen LogP contribution in [0.1, 0.15) is 5.89 Å². The van der Waals surface area contributed by atoms with Crippen LogP contribution >= 0.6 is 11.8 Å². The number of pyridine rings is 1. The van der Waals surface area contributed by atoms with Gasteiger partial charge in [0.1, 0.15) is 0 Å². The number of anilines is 1. The van der Waals surface area contributed by atoms with Gasteiger partial charge in [-0.15, -0.1) is 11.8 Å². The number of amides is 1. The minimum absolute atomic E-state index is 0.0963. The molecule has 0 radical (unpaired) electrons. The lowest BCUT2D eigenvalue weighted by Crippen LogP contribution is -2.30. The molecule has 0 aliphatic heterocycles. The Bertz CT molecular complexity index is 869. The molecular weight excluding hydrogens is 350 g/mol. The van der Waals surface area contributed by atoms with Gasteiger partial charge < -0.3 is 9.84 Å². The number of thioether (sulfide) groups is 1. The second-order valence-corrected chi connectivity index (χ2v) is 6.52. The molecule has 3 rings (SSSR count). The molecule has 134 valence electrons. The van der Waals surface area contributed by atoms with Gasteiger partial charge in [0.2, 0.25) is 17.6 Å². The lowest BCUT2D eigenvalue weighted by molar-refractivity contribution is -0.117. The summed E-state index contributed by atoms with van der Waals surface area (Å²) >= 11 is 1.59. The highest BCUT2D eigenvalue weighted by Gasteiger charge is 2.14. The zero-order valence-corrected chi connectivity index (χ0v) is 15.4. The molecule has 2 aromatic heterocycles. The van der Waals surface area contributed by atoms with Gasteiger partial charge in [-0.05, 0) is 37.6 Å². The summed E-state index contributed by atoms with van der Waals surface area (Å²) in [5.74, 6) is 0.838. The summed E-state index contributed by atoms with van der Waals surface area (Å²) in [6.45, 7) is 0.595. The van der Waals surface area contributed by atoms with Gasteiger partial charge in [0, 0.05) is 22.9 Å². The molecule has 26 heavy (non-hydrogen) atoms. The van der Waals surface area contributed by atoms with E-state index in [9.17, 15) is 4.79 Å². The molecule has 1 N–H and O–H groups in total. The fourth-order valence-electron chi connectivity index (χ4n) is 2.40. The Kier molecular flexibility index (Phi) is 5.98. The SMILES string of the molecule is CSc1ccccc1NC(=O)CN(C)Cc1nc(-c2cccnc2)no1. The predicted molar refractivity (Wildman–Crippen MR) is 101 cm³/mol. The van der Waals surface area contributed by atoms with Gasteiger partial charge in [0.25, 0.3) is 0 Å². The third-order valence-corrected chi connectivity index (χ3v) is 4.38. The zero-order chi connectivity index (χ0) is 18.4. The maximum Gasteiger partial charge on any atom is 0.241 e. The van der Waals surface area contributed by atoms with E-state index >= 15 is 0 Å². The van der Waals surface area contributed by atoms with Crippen molar-refractivity contribution in [1.82, 2.24) is 20.0 Å². The maximum atomic E-state index is 12.3. The van der Waals surface area contributed by atoms with Gasteiger partial charge in [-0.2, -0.15) is 4.98 Å². The molecule has 7 nitrogen and oxygen atoms in total. The second-order valence-electron chi connectivity index (χ2n) is 5.67. The zero-order valence-electron chi connectivity index (χ0n) is 14.5. The normalized spacial score (nSPS) is 10.9. The molecule has 8 heteroatoms. The largest absolute Gasteiger partial charge is 0.338 e. The third kappa shape index (κ3) is 4.68. The fourth-order valence-corrected chi connectivity index (χ4v) is 2.95. The van der Waals surface area contributed by atoms with Crippen LogP contribution in [0.2, 0.25) is 0 Å². The monoisotopic (exact) mass is 369 g/mol. The van der Waals surface area contributed by atoms with E-state index in [1.54, 1.807) is 24.2 Å². The number of nitrogens with one attached hydrogen (secondary N) is 1. The highest BCUT2D eigenvalue weighted by Crippen LogP contribution is 2.24. The number of nitrogens with zero attached hydrogens (tertiary/aromatic N) is 4. The standard InChI is InChI=1S/C18H19N5O2S/c1-23(11-16(24)20-14-7-3-4-8-15(14)26-2)12-17-21-18(22-25-17)13-6-5-9-19-10-13/h3-10H,11-12H2,1-2H3,(H,20,24). The first kappa shape index (κ1) is 18.1. The first-order valence-electron chi connectivity index (χ1n) is 8.00. The Morgan fingerprint density at radius 3 is 2.88 bits per heavy atom. The van der Waals surface area contributed by atoms with Crippen LogP contribution in [-0.4, -0.2) is 45.8 Å². The molecular formula is C18H19N5O2S. The van der Waals surface area contributed by atoms with Gasteiger partial charge in [-0.25, -0.2) is 0 Å². The lowest BCUT2D eigenvalue weighted by Gasteiger charge is -2.15. The molecule has 0 atom stereocenters. The number of likely N-dealkylation sites (N-methyl/N-ethyl adjacent to an activating group) is 1. The van der Waals surface area contributed by atoms with Gasteiger partial charge >= 0.3 is 0 Å². The molecule has 0 bridgehead atoms. The summed E-state index contributed by atoms with van der Waals surface area (Å²) in [4.78, 5) is 23.5. The molecule has 2 heterocycles. The quantitative estimate of drug-likeness (QED) is 0.641. The minimum Gasteiger partial charge on any atom is -0.338 e. The van der Waals surface area contributed by atoms with E-state index in [-0.39, 0.29) is 12.5 Å². The second kappa shape index (κ2) is 8.59. The number of para-hydroxylation sites is 1. The van der Waals surface area contributed by atoms with E-state index in [4.69, 9.17) is 4.52 Å². The van der Waals surface area contributed by atoms with Gasteiger partial charge in [0.15, 0.2) is 0 Å². The number of carbonyl (C=O) groups is 1. The number of hydrogen-bond donors (Lipinski definition) is 1. The molecule has 0 saturated heterocycles. The van der Waals surface area contributed by atoms with E-state index in [0.29, 0.717) is 18.3 Å². The fraction of sp³-hybridized carbons (Fsp3) is 0.222. The molecule has 1 amide bonds. The van der Waals surface area contributed by atoms with Crippen molar-refractivity contribution in [3.05, 3.63) is 54.7 Å². The molecule has 0 aliphatic carbocycles. The van der Waals surface area contributed by atoms with Crippen molar-refractivity contribution in [1.29, 1.82) is 0 Å². The Morgan fingerprint density at radius 1 is 1.27 bits per heavy atom. The van der Waals surface area contributed by atoms with Crippen LogP contribution in [-0.2, 0) is 11.3 Å². The molecule has 0 aliphatic rings. The lowest BCUT2D eigenvalue weighted by atomic mass is 10.3. The topological polar surface area (TPSA) is 84.2 Å². The van der Waals surface area contributed by atoms with Crippen LogP contribution in [0.5, 0.6) is 0 Å². The molecule has 3 aromatic rings. The first-order chi connectivity index (χ1) is 12.7. The number of aromatic nitrogens is 3. The number of rotatable bonds is 7. The summed E-state index contributed by atoms with van der Waals surface area (Å²) in [5.41, 5.74) is 1.60. The predicted octanol–water partition coefficient (Wildman–Crippen LogP) is 2.92. The molecule has 0 unspecified atom stereocenters. The summed E-state index contributed by atoms with van der Waals surface area (Å²) in [6, 6.07) is 11.4. The van der Waals surface area contributed by atoms with Crippen LogP contribution < -0.4 is 5.32 Å². The van der Waals surface area contributed by atoms with Crippen molar-refractivity contribution in [2.45, 2.75) is 11.4 Å². The van der Waals surface area contributed by atoms with Gasteiger partial charge in [-0.1, -0.05) is 17.3 Å². The Hall–Kier alpha value is -2.71. The molecule has 0 fully saturated rings. The van der Waals surface area contributed by atoms with Crippen LogP contribution in [0.15, 0.2) is 58.2 Å². The summed E-state index contributed by atoms with van der Waals surface area (Å²) in [7, 11) is 1.83. The Labute approximate surface area is 155 Å². The molecule has 0 spiro atoms. The maximum absolute atomic E-state index is 12.3. The first-order valence-corrected chi connectivity index (χ1v) is 9.22. The van der Waals surface area contributed by atoms with Crippen LogP contribution in [0.25, 0.3) is 11.4 Å². The Balaban J connectivity index is 1.56. The number of carbonyl (C=O) groups excluding carboxylic acids is 1. The van der Waals surface area contributed by atoms with Gasteiger partial charge in [0.05, 0.1) is 18.8 Å². The van der Waals surface area contributed by atoms with Crippen molar-refractivity contribution >= 4 is 23.4 Å². The third-order valence-electron chi connectivity index (χ3n) is 3.59. The van der Waals surface area contributed by atoms with E-state index < -0.39 is 0 Å². The van der Waals surface area contributed by atoms with E-state index in [0.717, 1.165) is 16.1 Å². The average Bonchev–Trinajstić information content (AvgIpc) is 3.11. The smallest absolute Gasteiger partial charge is 0.241 e. The number of hydrogen-bond acceptors (Lipinski definition) is 7. The minimum atomic E-state index is -0.0963. The Morgan fingerprint density at radius 2 is 2.12 bits per heavy atom. The van der Waals surface area contributed by atoms with Crippen molar-refractivity contribution in [3.63, 3.8) is 0 Å². The summed E-state index contributed by atoms with van der Waals surface area (Å²) < 4.78 is 5.26. The number of benzene rings is 1. The van der Waals surface area contributed by atoms with Crippen molar-refractivity contribution in [3.8, 4) is 11.4 Å².